The van der Waals surface area contributed by atoms with Crippen LogP contribution in [0.15, 0.2) is 53.0 Å². The van der Waals surface area contributed by atoms with Crippen molar-refractivity contribution in [2.45, 2.75) is 11.8 Å². The van der Waals surface area contributed by atoms with Crippen molar-refractivity contribution in [2.24, 2.45) is 0 Å². The van der Waals surface area contributed by atoms with Gasteiger partial charge in [0.15, 0.2) is 0 Å². The SMILES string of the molecule is O=C(O)C1(c2ccccc2)CCOc2ccc(Br)cc21. The van der Waals surface area contributed by atoms with Gasteiger partial charge in [-0.3, -0.25) is 4.79 Å². The van der Waals surface area contributed by atoms with Crippen molar-refractivity contribution in [1.29, 1.82) is 0 Å². The summed E-state index contributed by atoms with van der Waals surface area (Å²) in [6.07, 6.45) is 0.426. The molecule has 2 aromatic carbocycles. The molecule has 20 heavy (non-hydrogen) atoms. The number of hydrogen-bond acceptors (Lipinski definition) is 2. The second-order valence-electron chi connectivity index (χ2n) is 4.82. The monoisotopic (exact) mass is 332 g/mol. The standard InChI is InChI=1S/C16H13BrO3/c17-12-6-7-14-13(10-12)16(15(18)19,8-9-20-14)11-4-2-1-3-5-11/h1-7,10H,8-9H2,(H,18,19). The van der Waals surface area contributed by atoms with E-state index >= 15 is 0 Å². The van der Waals surface area contributed by atoms with Gasteiger partial charge in [0, 0.05) is 16.5 Å². The number of ether oxygens (including phenoxy) is 1. The number of hydrogen-bond donors (Lipinski definition) is 1. The maximum atomic E-state index is 12.1. The van der Waals surface area contributed by atoms with Gasteiger partial charge in [-0.25, -0.2) is 0 Å². The molecule has 0 aromatic heterocycles. The Bertz CT molecular complexity index is 654. The number of carboxylic acids is 1. The predicted octanol–water partition coefficient (Wildman–Crippen LogP) is 3.60. The van der Waals surface area contributed by atoms with E-state index in [-0.39, 0.29) is 0 Å². The molecule has 102 valence electrons. The molecule has 0 amide bonds. The van der Waals surface area contributed by atoms with E-state index in [1.807, 2.05) is 48.5 Å². The Hall–Kier alpha value is -1.81. The number of benzene rings is 2. The zero-order valence-corrected chi connectivity index (χ0v) is 12.3. The van der Waals surface area contributed by atoms with Crippen molar-refractivity contribution in [3.63, 3.8) is 0 Å². The van der Waals surface area contributed by atoms with E-state index in [0.717, 1.165) is 10.0 Å². The molecule has 0 saturated heterocycles. The van der Waals surface area contributed by atoms with Crippen LogP contribution in [0.4, 0.5) is 0 Å². The Balaban J connectivity index is 2.29. The zero-order chi connectivity index (χ0) is 14.2. The Kier molecular flexibility index (Phi) is 3.26. The van der Waals surface area contributed by atoms with Gasteiger partial charge >= 0.3 is 5.97 Å². The third-order valence-corrected chi connectivity index (χ3v) is 4.26. The van der Waals surface area contributed by atoms with Gasteiger partial charge in [0.2, 0.25) is 0 Å². The average molecular weight is 333 g/mol. The predicted molar refractivity (Wildman–Crippen MR) is 79.1 cm³/mol. The zero-order valence-electron chi connectivity index (χ0n) is 10.7. The van der Waals surface area contributed by atoms with E-state index in [1.165, 1.54) is 0 Å². The Morgan fingerprint density at radius 1 is 1.20 bits per heavy atom. The molecule has 3 rings (SSSR count). The third-order valence-electron chi connectivity index (χ3n) is 3.77. The molecule has 0 bridgehead atoms. The summed E-state index contributed by atoms with van der Waals surface area (Å²) in [4.78, 5) is 12.1. The first-order valence-electron chi connectivity index (χ1n) is 6.36. The Morgan fingerprint density at radius 3 is 2.65 bits per heavy atom. The van der Waals surface area contributed by atoms with Gasteiger partial charge in [0.1, 0.15) is 11.2 Å². The quantitative estimate of drug-likeness (QED) is 0.913. The Labute approximate surface area is 125 Å². The summed E-state index contributed by atoms with van der Waals surface area (Å²) < 4.78 is 6.47. The Morgan fingerprint density at radius 2 is 1.95 bits per heavy atom. The highest BCUT2D eigenvalue weighted by Gasteiger charge is 2.46. The van der Waals surface area contributed by atoms with Crippen molar-refractivity contribution >= 4 is 21.9 Å². The minimum Gasteiger partial charge on any atom is -0.493 e. The van der Waals surface area contributed by atoms with Crippen LogP contribution in [0.1, 0.15) is 17.5 Å². The fourth-order valence-electron chi connectivity index (χ4n) is 2.78. The summed E-state index contributed by atoms with van der Waals surface area (Å²) in [5.74, 6) is -0.197. The lowest BCUT2D eigenvalue weighted by Crippen LogP contribution is -2.41. The minimum atomic E-state index is -1.04. The maximum Gasteiger partial charge on any atom is 0.318 e. The van der Waals surface area contributed by atoms with Gasteiger partial charge in [-0.05, 0) is 23.8 Å². The van der Waals surface area contributed by atoms with Crippen molar-refractivity contribution in [3.05, 3.63) is 64.1 Å². The molecule has 1 unspecified atom stereocenters. The van der Waals surface area contributed by atoms with Gasteiger partial charge in [-0.2, -0.15) is 0 Å². The third kappa shape index (κ3) is 1.91. The van der Waals surface area contributed by atoms with E-state index < -0.39 is 11.4 Å². The van der Waals surface area contributed by atoms with Crippen LogP contribution in [-0.4, -0.2) is 17.7 Å². The molecule has 0 radical (unpaired) electrons. The van der Waals surface area contributed by atoms with Crippen LogP contribution in [0.25, 0.3) is 0 Å². The van der Waals surface area contributed by atoms with Gasteiger partial charge in [-0.15, -0.1) is 0 Å². The van der Waals surface area contributed by atoms with Crippen LogP contribution in [0.3, 0.4) is 0 Å². The van der Waals surface area contributed by atoms with E-state index in [4.69, 9.17) is 4.74 Å². The second-order valence-corrected chi connectivity index (χ2v) is 5.73. The van der Waals surface area contributed by atoms with E-state index in [2.05, 4.69) is 15.9 Å². The lowest BCUT2D eigenvalue weighted by molar-refractivity contribution is -0.143. The van der Waals surface area contributed by atoms with Crippen molar-refractivity contribution in [2.75, 3.05) is 6.61 Å². The topological polar surface area (TPSA) is 46.5 Å². The number of carboxylic acid groups (broad SMARTS) is 1. The molecular formula is C16H13BrO3. The summed E-state index contributed by atoms with van der Waals surface area (Å²) in [6.45, 7) is 0.399. The molecule has 1 aliphatic heterocycles. The molecule has 1 aliphatic rings. The number of rotatable bonds is 2. The van der Waals surface area contributed by atoms with Gasteiger partial charge in [0.05, 0.1) is 6.61 Å². The second kappa shape index (κ2) is 4.94. The lowest BCUT2D eigenvalue weighted by Gasteiger charge is -2.35. The highest BCUT2D eigenvalue weighted by Crippen LogP contribution is 2.44. The first kappa shape index (κ1) is 13.2. The van der Waals surface area contributed by atoms with Crippen molar-refractivity contribution < 1.29 is 14.6 Å². The molecule has 3 nitrogen and oxygen atoms in total. The number of halogens is 1. The van der Waals surface area contributed by atoms with Crippen LogP contribution in [0, 0.1) is 0 Å². The average Bonchev–Trinajstić information content (AvgIpc) is 2.47. The van der Waals surface area contributed by atoms with Crippen molar-refractivity contribution in [1.82, 2.24) is 0 Å². The van der Waals surface area contributed by atoms with E-state index in [9.17, 15) is 9.90 Å². The molecule has 4 heteroatoms. The van der Waals surface area contributed by atoms with Crippen LogP contribution in [0.2, 0.25) is 0 Å². The largest absolute Gasteiger partial charge is 0.493 e. The highest BCUT2D eigenvalue weighted by molar-refractivity contribution is 9.10. The molecule has 1 heterocycles. The molecular weight excluding hydrogens is 320 g/mol. The fraction of sp³-hybridized carbons (Fsp3) is 0.188. The fourth-order valence-corrected chi connectivity index (χ4v) is 3.14. The first-order chi connectivity index (χ1) is 9.64. The highest BCUT2D eigenvalue weighted by atomic mass is 79.9. The summed E-state index contributed by atoms with van der Waals surface area (Å²) in [5, 5.41) is 9.91. The molecule has 1 N–H and O–H groups in total. The maximum absolute atomic E-state index is 12.1. The minimum absolute atomic E-state index is 0.399. The lowest BCUT2D eigenvalue weighted by atomic mass is 9.71. The molecule has 0 spiro atoms. The van der Waals surface area contributed by atoms with Crippen molar-refractivity contribution in [3.8, 4) is 5.75 Å². The number of aliphatic carboxylic acids is 1. The summed E-state index contributed by atoms with van der Waals surface area (Å²) in [6, 6.07) is 14.9. The van der Waals surface area contributed by atoms with Gasteiger partial charge in [-0.1, -0.05) is 46.3 Å². The van der Waals surface area contributed by atoms with Crippen LogP contribution in [-0.2, 0) is 10.2 Å². The summed E-state index contributed by atoms with van der Waals surface area (Å²) >= 11 is 3.42. The molecule has 0 fully saturated rings. The summed E-state index contributed by atoms with van der Waals surface area (Å²) in [5.41, 5.74) is 0.450. The number of carbonyl (C=O) groups is 1. The molecule has 1 atom stereocenters. The van der Waals surface area contributed by atoms with Crippen LogP contribution < -0.4 is 4.74 Å². The van der Waals surface area contributed by atoms with E-state index in [1.54, 1.807) is 0 Å². The molecule has 2 aromatic rings. The van der Waals surface area contributed by atoms with E-state index in [0.29, 0.717) is 24.3 Å². The number of fused-ring (bicyclic) bond motifs is 1. The molecule has 0 aliphatic carbocycles. The van der Waals surface area contributed by atoms with Crippen LogP contribution in [0.5, 0.6) is 5.75 Å². The van der Waals surface area contributed by atoms with Crippen LogP contribution >= 0.6 is 15.9 Å². The summed E-state index contributed by atoms with van der Waals surface area (Å²) in [7, 11) is 0. The van der Waals surface area contributed by atoms with Gasteiger partial charge < -0.3 is 9.84 Å². The van der Waals surface area contributed by atoms with Gasteiger partial charge in [0.25, 0.3) is 0 Å². The normalized spacial score (nSPS) is 20.9. The first-order valence-corrected chi connectivity index (χ1v) is 7.15. The molecule has 0 saturated carbocycles. The smallest absolute Gasteiger partial charge is 0.318 e.